The molecule has 0 aliphatic carbocycles. The Morgan fingerprint density at radius 2 is 1.93 bits per heavy atom. The fourth-order valence-electron chi connectivity index (χ4n) is 1.37. The highest BCUT2D eigenvalue weighted by Gasteiger charge is 2.44. The molecule has 6 heteroatoms. The molecule has 1 fully saturated rings. The summed E-state index contributed by atoms with van der Waals surface area (Å²) >= 11 is 0. The topological polar surface area (TPSA) is 110 Å². The summed E-state index contributed by atoms with van der Waals surface area (Å²) in [5.74, 6) is -0.371. The van der Waals surface area contributed by atoms with Crippen molar-refractivity contribution in [1.29, 1.82) is 0 Å². The second-order valence-electron chi connectivity index (χ2n) is 3.34. The zero-order valence-corrected chi connectivity index (χ0v) is 8.02. The first-order valence-electron chi connectivity index (χ1n) is 5.25. The maximum Gasteiger partial charge on any atom is 0.184 e. The van der Waals surface area contributed by atoms with Gasteiger partial charge in [-0.15, -0.1) is 0 Å². The molecule has 1 aliphatic heterocycles. The molecule has 0 aromatic carbocycles. The van der Waals surface area contributed by atoms with Crippen LogP contribution in [0.2, 0.25) is 0 Å². The van der Waals surface area contributed by atoms with Crippen LogP contribution in [-0.4, -0.2) is 56.2 Å². The van der Waals surface area contributed by atoms with Gasteiger partial charge in [0.2, 0.25) is 0 Å². The lowest BCUT2D eigenvalue weighted by Crippen LogP contribution is -2.57. The summed E-state index contributed by atoms with van der Waals surface area (Å²) in [6.45, 7) is 0.0562. The van der Waals surface area contributed by atoms with Crippen molar-refractivity contribution in [3.63, 3.8) is 0 Å². The van der Waals surface area contributed by atoms with Crippen molar-refractivity contribution in [2.75, 3.05) is 0 Å². The van der Waals surface area contributed by atoms with Gasteiger partial charge in [0.05, 0.1) is 0 Å². The highest BCUT2D eigenvalue weighted by atomic mass is 16.6. The van der Waals surface area contributed by atoms with E-state index in [4.69, 9.17) is 6.11 Å². The van der Waals surface area contributed by atoms with Gasteiger partial charge in [0.15, 0.2) is 6.29 Å². The number of rotatable bonds is 2. The summed E-state index contributed by atoms with van der Waals surface area (Å²) in [7, 11) is 0. The lowest BCUT2D eigenvalue weighted by Gasteiger charge is -2.37. The van der Waals surface area contributed by atoms with Crippen LogP contribution in [0.1, 0.15) is 14.7 Å². The van der Waals surface area contributed by atoms with E-state index < -0.39 is 30.7 Å². The number of aliphatic hydroxyl groups is 5. The normalized spacial score (nSPS) is 43.9. The SMILES string of the molecule is [2H]CCC=C(O)[C@H]1OC(O)[C@H](O)[C@@H](O)[C@H]1O. The van der Waals surface area contributed by atoms with E-state index in [1.807, 2.05) is 0 Å². The quantitative estimate of drug-likeness (QED) is 0.368. The minimum atomic E-state index is -1.67. The van der Waals surface area contributed by atoms with Crippen LogP contribution < -0.4 is 0 Å². The molecule has 1 aliphatic rings. The summed E-state index contributed by atoms with van der Waals surface area (Å²) < 4.78 is 11.6. The maximum absolute atomic E-state index is 9.50. The lowest BCUT2D eigenvalue weighted by atomic mass is 9.97. The fraction of sp³-hybridized carbons (Fsp3) is 0.778. The Bertz CT molecular complexity index is 258. The predicted octanol–water partition coefficient (Wildman–Crippen LogP) is -1.36. The van der Waals surface area contributed by atoms with Gasteiger partial charge in [-0.05, 0) is 12.5 Å². The molecule has 1 unspecified atom stereocenters. The van der Waals surface area contributed by atoms with E-state index in [0.717, 1.165) is 0 Å². The molecule has 1 rings (SSSR count). The molecule has 0 radical (unpaired) electrons. The first kappa shape index (κ1) is 10.8. The number of allylic oxidation sites excluding steroid dienone is 1. The monoisotopic (exact) mass is 221 g/mol. The van der Waals surface area contributed by atoms with Gasteiger partial charge in [0.1, 0.15) is 30.2 Å². The number of aliphatic hydroxyl groups excluding tert-OH is 5. The zero-order valence-electron chi connectivity index (χ0n) is 9.02. The highest BCUT2D eigenvalue weighted by molar-refractivity contribution is 5.06. The van der Waals surface area contributed by atoms with Crippen LogP contribution in [0.15, 0.2) is 11.8 Å². The second-order valence-corrected chi connectivity index (χ2v) is 3.34. The summed E-state index contributed by atoms with van der Waals surface area (Å²) in [5.41, 5.74) is 0. The molecular weight excluding hydrogens is 204 g/mol. The molecule has 88 valence electrons. The van der Waals surface area contributed by atoms with Gasteiger partial charge in [-0.1, -0.05) is 6.90 Å². The Hall–Kier alpha value is -0.660. The van der Waals surface area contributed by atoms with Crippen LogP contribution in [0.25, 0.3) is 0 Å². The third-order valence-electron chi connectivity index (χ3n) is 2.23. The van der Waals surface area contributed by atoms with E-state index in [-0.39, 0.29) is 19.1 Å². The lowest BCUT2D eigenvalue weighted by molar-refractivity contribution is -0.278. The van der Waals surface area contributed by atoms with Crippen molar-refractivity contribution in [1.82, 2.24) is 0 Å². The molecule has 0 aromatic heterocycles. The Kier molecular flexibility index (Phi) is 3.55. The average Bonchev–Trinajstić information content (AvgIpc) is 2.28. The van der Waals surface area contributed by atoms with Gasteiger partial charge in [-0.25, -0.2) is 0 Å². The molecule has 1 heterocycles. The molecule has 6 nitrogen and oxygen atoms in total. The molecule has 5 atom stereocenters. The molecule has 0 amide bonds. The predicted molar refractivity (Wildman–Crippen MR) is 49.9 cm³/mol. The number of ether oxygens (including phenoxy) is 1. The van der Waals surface area contributed by atoms with Crippen LogP contribution in [0.3, 0.4) is 0 Å². The summed E-state index contributed by atoms with van der Waals surface area (Å²) in [6, 6.07) is 0. The van der Waals surface area contributed by atoms with Gasteiger partial charge in [-0.3, -0.25) is 0 Å². The third-order valence-corrected chi connectivity index (χ3v) is 2.23. The Morgan fingerprint density at radius 1 is 1.27 bits per heavy atom. The van der Waals surface area contributed by atoms with Gasteiger partial charge >= 0.3 is 0 Å². The largest absolute Gasteiger partial charge is 0.510 e. The highest BCUT2D eigenvalue weighted by Crippen LogP contribution is 2.23. The van der Waals surface area contributed by atoms with E-state index >= 15 is 0 Å². The number of hydrogen-bond acceptors (Lipinski definition) is 6. The Balaban J connectivity index is 2.73. The van der Waals surface area contributed by atoms with Gasteiger partial charge in [-0.2, -0.15) is 0 Å². The van der Waals surface area contributed by atoms with E-state index in [0.29, 0.717) is 0 Å². The van der Waals surface area contributed by atoms with Crippen molar-refractivity contribution >= 4 is 0 Å². The molecular formula is C9H16O6. The number of hydrogen-bond donors (Lipinski definition) is 5. The van der Waals surface area contributed by atoms with Gasteiger partial charge in [0, 0.05) is 1.37 Å². The zero-order chi connectivity index (χ0) is 12.3. The molecule has 0 aromatic rings. The Labute approximate surface area is 88.5 Å². The molecule has 1 saturated heterocycles. The van der Waals surface area contributed by atoms with Crippen molar-refractivity contribution in [3.05, 3.63) is 11.8 Å². The van der Waals surface area contributed by atoms with E-state index in [1.54, 1.807) is 0 Å². The van der Waals surface area contributed by atoms with Crippen molar-refractivity contribution in [2.45, 2.75) is 44.0 Å². The van der Waals surface area contributed by atoms with Crippen LogP contribution in [0, 0.1) is 0 Å². The standard InChI is InChI=1S/C9H16O6/c1-2-3-4(10)8-6(12)5(11)7(13)9(14)15-8/h3,5-14H,2H2,1H3/t5-,6+,7+,8+,9?/m0/s1/i1D. The van der Waals surface area contributed by atoms with Gasteiger partial charge in [0.25, 0.3) is 0 Å². The van der Waals surface area contributed by atoms with Crippen LogP contribution in [0.4, 0.5) is 0 Å². The second kappa shape index (κ2) is 4.91. The summed E-state index contributed by atoms with van der Waals surface area (Å²) in [4.78, 5) is 0. The minimum absolute atomic E-state index is 0.0562. The molecule has 15 heavy (non-hydrogen) atoms. The molecule has 5 N–H and O–H groups in total. The first-order chi connectivity index (χ1) is 7.49. The van der Waals surface area contributed by atoms with Crippen molar-refractivity contribution in [2.24, 2.45) is 0 Å². The van der Waals surface area contributed by atoms with Gasteiger partial charge < -0.3 is 30.3 Å². The van der Waals surface area contributed by atoms with Crippen molar-refractivity contribution < 1.29 is 31.6 Å². The maximum atomic E-state index is 9.50. The summed E-state index contributed by atoms with van der Waals surface area (Å²) in [5, 5.41) is 46.7. The van der Waals surface area contributed by atoms with Crippen molar-refractivity contribution in [3.8, 4) is 0 Å². The third kappa shape index (κ3) is 2.47. The minimum Gasteiger partial charge on any atom is -0.510 e. The summed E-state index contributed by atoms with van der Waals surface area (Å²) in [6.07, 6.45) is -6.18. The Morgan fingerprint density at radius 3 is 2.53 bits per heavy atom. The van der Waals surface area contributed by atoms with E-state index in [9.17, 15) is 25.5 Å². The van der Waals surface area contributed by atoms with Crippen LogP contribution >= 0.6 is 0 Å². The first-order valence-corrected chi connectivity index (χ1v) is 4.55. The van der Waals surface area contributed by atoms with Crippen LogP contribution in [-0.2, 0) is 4.74 Å². The molecule has 0 saturated carbocycles. The smallest absolute Gasteiger partial charge is 0.184 e. The van der Waals surface area contributed by atoms with E-state index in [1.165, 1.54) is 6.08 Å². The molecule has 0 spiro atoms. The average molecular weight is 221 g/mol. The molecule has 0 bridgehead atoms. The van der Waals surface area contributed by atoms with Crippen LogP contribution in [0.5, 0.6) is 0 Å². The fourth-order valence-corrected chi connectivity index (χ4v) is 1.37. The van der Waals surface area contributed by atoms with E-state index in [2.05, 4.69) is 0 Å².